The maximum atomic E-state index is 13.6. The number of carbonyl (C=O) groups excluding carboxylic acids is 1. The maximum absolute atomic E-state index is 13.6. The molecule has 0 bridgehead atoms. The number of carbonyl (C=O) groups is 1. The van der Waals surface area contributed by atoms with Gasteiger partial charge in [-0.1, -0.05) is 36.7 Å². The Morgan fingerprint density at radius 1 is 1.41 bits per heavy atom. The number of rotatable bonds is 2. The lowest BCUT2D eigenvalue weighted by Gasteiger charge is -2.28. The molecule has 1 amide bonds. The van der Waals surface area contributed by atoms with Crippen LogP contribution >= 0.6 is 15.9 Å². The van der Waals surface area contributed by atoms with E-state index in [-0.39, 0.29) is 22.9 Å². The molecule has 0 aliphatic heterocycles. The van der Waals surface area contributed by atoms with Gasteiger partial charge in [0.1, 0.15) is 5.82 Å². The minimum absolute atomic E-state index is 0.0296. The molecule has 1 N–H and O–H groups in total. The highest BCUT2D eigenvalue weighted by atomic mass is 79.9. The summed E-state index contributed by atoms with van der Waals surface area (Å²) in [5.74, 6) is -0.893. The average molecular weight is 302 g/mol. The minimum atomic E-state index is -0.516. The van der Waals surface area contributed by atoms with Crippen molar-refractivity contribution in [1.29, 1.82) is 0 Å². The highest BCUT2D eigenvalue weighted by Crippen LogP contribution is 2.20. The summed E-state index contributed by atoms with van der Waals surface area (Å²) in [6, 6.07) is 4.39. The zero-order valence-corrected chi connectivity index (χ0v) is 12.1. The van der Waals surface area contributed by atoms with Gasteiger partial charge in [-0.15, -0.1) is 0 Å². The summed E-state index contributed by atoms with van der Waals surface area (Å²) in [6.07, 6.45) is 0. The van der Waals surface area contributed by atoms with Crippen molar-refractivity contribution < 1.29 is 9.18 Å². The summed E-state index contributed by atoms with van der Waals surface area (Å²) >= 11 is 3.16. The first-order valence-electron chi connectivity index (χ1n) is 5.47. The molecule has 0 saturated heterocycles. The standard InChI is InChI=1S/C13H17BrFNO/c1-8(13(2,3)4)16-12(17)10-6-5-9(14)7-11(10)15/h5-8H,1-4H3,(H,16,17). The van der Waals surface area contributed by atoms with E-state index in [0.29, 0.717) is 4.47 Å². The second kappa shape index (κ2) is 5.17. The molecule has 0 fully saturated rings. The molecule has 0 spiro atoms. The highest BCUT2D eigenvalue weighted by Gasteiger charge is 2.23. The maximum Gasteiger partial charge on any atom is 0.254 e. The smallest absolute Gasteiger partial charge is 0.254 e. The van der Waals surface area contributed by atoms with Gasteiger partial charge in [0, 0.05) is 10.5 Å². The third-order valence-electron chi connectivity index (χ3n) is 2.82. The minimum Gasteiger partial charge on any atom is -0.349 e. The van der Waals surface area contributed by atoms with Crippen molar-refractivity contribution in [2.24, 2.45) is 5.41 Å². The summed E-state index contributed by atoms with van der Waals surface area (Å²) < 4.78 is 14.2. The lowest BCUT2D eigenvalue weighted by Crippen LogP contribution is -2.41. The molecule has 0 aliphatic rings. The molecular formula is C13H17BrFNO. The van der Waals surface area contributed by atoms with Crippen molar-refractivity contribution in [2.75, 3.05) is 0 Å². The van der Waals surface area contributed by atoms with Gasteiger partial charge in [0.15, 0.2) is 0 Å². The van der Waals surface area contributed by atoms with Gasteiger partial charge in [0.05, 0.1) is 5.56 Å². The van der Waals surface area contributed by atoms with Crippen LogP contribution in [-0.4, -0.2) is 11.9 Å². The van der Waals surface area contributed by atoms with E-state index in [1.165, 1.54) is 12.1 Å². The third-order valence-corrected chi connectivity index (χ3v) is 3.32. The molecular weight excluding hydrogens is 285 g/mol. The molecule has 0 radical (unpaired) electrons. The molecule has 1 rings (SSSR count). The Balaban J connectivity index is 2.84. The van der Waals surface area contributed by atoms with E-state index in [1.54, 1.807) is 6.07 Å². The number of amides is 1. The normalized spacial score (nSPS) is 13.3. The second-order valence-corrected chi connectivity index (χ2v) is 6.10. The van der Waals surface area contributed by atoms with Crippen LogP contribution in [0, 0.1) is 11.2 Å². The van der Waals surface area contributed by atoms with Gasteiger partial charge in [0.2, 0.25) is 0 Å². The molecule has 2 nitrogen and oxygen atoms in total. The monoisotopic (exact) mass is 301 g/mol. The largest absolute Gasteiger partial charge is 0.349 e. The van der Waals surface area contributed by atoms with Crippen molar-refractivity contribution in [1.82, 2.24) is 5.32 Å². The van der Waals surface area contributed by atoms with Crippen LogP contribution in [0.5, 0.6) is 0 Å². The zero-order chi connectivity index (χ0) is 13.2. The van der Waals surface area contributed by atoms with E-state index < -0.39 is 5.82 Å². The highest BCUT2D eigenvalue weighted by molar-refractivity contribution is 9.10. The van der Waals surface area contributed by atoms with Crippen LogP contribution in [0.3, 0.4) is 0 Å². The first kappa shape index (κ1) is 14.2. The Kier molecular flexibility index (Phi) is 4.31. The van der Waals surface area contributed by atoms with Gasteiger partial charge in [-0.25, -0.2) is 4.39 Å². The Labute approximate surface area is 110 Å². The fourth-order valence-corrected chi connectivity index (χ4v) is 1.50. The topological polar surface area (TPSA) is 29.1 Å². The van der Waals surface area contributed by atoms with E-state index in [2.05, 4.69) is 21.2 Å². The predicted molar refractivity (Wildman–Crippen MR) is 70.5 cm³/mol. The Hall–Kier alpha value is -0.900. The summed E-state index contributed by atoms with van der Waals surface area (Å²) in [6.45, 7) is 7.98. The fraction of sp³-hybridized carbons (Fsp3) is 0.462. The predicted octanol–water partition coefficient (Wildman–Crippen LogP) is 3.75. The van der Waals surface area contributed by atoms with Gasteiger partial charge in [-0.3, -0.25) is 4.79 Å². The number of benzene rings is 1. The van der Waals surface area contributed by atoms with E-state index in [1.807, 2.05) is 27.7 Å². The van der Waals surface area contributed by atoms with Crippen molar-refractivity contribution in [3.05, 3.63) is 34.1 Å². The van der Waals surface area contributed by atoms with E-state index in [0.717, 1.165) is 0 Å². The number of hydrogen-bond acceptors (Lipinski definition) is 1. The second-order valence-electron chi connectivity index (χ2n) is 5.19. The molecule has 0 heterocycles. The first-order valence-corrected chi connectivity index (χ1v) is 6.27. The Morgan fingerprint density at radius 3 is 2.47 bits per heavy atom. The van der Waals surface area contributed by atoms with Gasteiger partial charge in [0.25, 0.3) is 5.91 Å². The summed E-state index contributed by atoms with van der Waals surface area (Å²) in [5.41, 5.74) is 0.0194. The Bertz CT molecular complexity index is 426. The van der Waals surface area contributed by atoms with Crippen LogP contribution in [0.25, 0.3) is 0 Å². The third kappa shape index (κ3) is 3.80. The molecule has 0 aliphatic carbocycles. The molecule has 4 heteroatoms. The van der Waals surface area contributed by atoms with Crippen molar-refractivity contribution in [2.45, 2.75) is 33.7 Å². The van der Waals surface area contributed by atoms with Gasteiger partial charge in [-0.05, 0) is 30.5 Å². The van der Waals surface area contributed by atoms with Gasteiger partial charge >= 0.3 is 0 Å². The van der Waals surface area contributed by atoms with Crippen LogP contribution < -0.4 is 5.32 Å². The van der Waals surface area contributed by atoms with Crippen molar-refractivity contribution in [3.63, 3.8) is 0 Å². The lowest BCUT2D eigenvalue weighted by atomic mass is 9.88. The molecule has 1 atom stereocenters. The lowest BCUT2D eigenvalue weighted by molar-refractivity contribution is 0.0906. The molecule has 1 aromatic carbocycles. The quantitative estimate of drug-likeness (QED) is 0.885. The van der Waals surface area contributed by atoms with Crippen molar-refractivity contribution >= 4 is 21.8 Å². The zero-order valence-electron chi connectivity index (χ0n) is 10.5. The molecule has 17 heavy (non-hydrogen) atoms. The van der Waals surface area contributed by atoms with Crippen LogP contribution in [0.15, 0.2) is 22.7 Å². The van der Waals surface area contributed by atoms with Crippen LogP contribution in [0.1, 0.15) is 38.1 Å². The first-order chi connectivity index (χ1) is 7.71. The fourth-order valence-electron chi connectivity index (χ4n) is 1.16. The molecule has 0 saturated carbocycles. The summed E-state index contributed by atoms with van der Waals surface area (Å²) in [4.78, 5) is 11.9. The van der Waals surface area contributed by atoms with Gasteiger partial charge in [-0.2, -0.15) is 0 Å². The molecule has 1 unspecified atom stereocenters. The van der Waals surface area contributed by atoms with Crippen molar-refractivity contribution in [3.8, 4) is 0 Å². The Morgan fingerprint density at radius 2 is 2.00 bits per heavy atom. The van der Waals surface area contributed by atoms with Crippen LogP contribution in [0.2, 0.25) is 0 Å². The number of halogens is 2. The molecule has 1 aromatic rings. The molecule has 94 valence electrons. The van der Waals surface area contributed by atoms with E-state index in [9.17, 15) is 9.18 Å². The van der Waals surface area contributed by atoms with Gasteiger partial charge < -0.3 is 5.32 Å². The van der Waals surface area contributed by atoms with E-state index in [4.69, 9.17) is 0 Å². The van der Waals surface area contributed by atoms with Crippen LogP contribution in [-0.2, 0) is 0 Å². The summed E-state index contributed by atoms with van der Waals surface area (Å²) in [5, 5.41) is 2.80. The SMILES string of the molecule is CC(NC(=O)c1ccc(Br)cc1F)C(C)(C)C. The number of nitrogens with one attached hydrogen (secondary N) is 1. The summed E-state index contributed by atoms with van der Waals surface area (Å²) in [7, 11) is 0. The molecule has 0 aromatic heterocycles. The van der Waals surface area contributed by atoms with E-state index >= 15 is 0 Å². The van der Waals surface area contributed by atoms with Crippen LogP contribution in [0.4, 0.5) is 4.39 Å². The number of hydrogen-bond donors (Lipinski definition) is 1. The average Bonchev–Trinajstić information content (AvgIpc) is 2.15.